The molecule has 0 atom stereocenters. The Morgan fingerprint density at radius 1 is 0.741 bits per heavy atom. The average molecular weight is 368 g/mol. The summed E-state index contributed by atoms with van der Waals surface area (Å²) in [5, 5.41) is 0. The highest BCUT2D eigenvalue weighted by Crippen LogP contribution is 2.21. The second-order valence-electron chi connectivity index (χ2n) is 5.57. The molecule has 0 radical (unpaired) electrons. The van der Waals surface area contributed by atoms with Crippen molar-refractivity contribution in [3.63, 3.8) is 0 Å². The van der Waals surface area contributed by atoms with Crippen LogP contribution in [0.4, 0.5) is 8.78 Å². The number of esters is 1. The Balaban J connectivity index is 1.57. The van der Waals surface area contributed by atoms with Crippen molar-refractivity contribution < 1.29 is 27.8 Å². The monoisotopic (exact) mass is 368 g/mol. The summed E-state index contributed by atoms with van der Waals surface area (Å²) in [6, 6.07) is 18.1. The van der Waals surface area contributed by atoms with Crippen LogP contribution in [-0.4, -0.2) is 18.4 Å². The van der Waals surface area contributed by atoms with E-state index in [1.165, 1.54) is 12.1 Å². The van der Waals surface area contributed by atoms with Gasteiger partial charge in [-0.2, -0.15) is 0 Å². The molecule has 0 heterocycles. The Morgan fingerprint density at radius 3 is 2.04 bits per heavy atom. The lowest BCUT2D eigenvalue weighted by Gasteiger charge is -2.07. The maximum Gasteiger partial charge on any atom is 0.338 e. The number of para-hydroxylation sites is 1. The van der Waals surface area contributed by atoms with Crippen LogP contribution in [0.2, 0.25) is 0 Å². The SMILES string of the molecule is O=C(COC(=O)c1ccc(Oc2ccccc2)cc1)c1ccc(F)c(F)c1. The number of ketones is 1. The van der Waals surface area contributed by atoms with Gasteiger partial charge in [0.2, 0.25) is 0 Å². The third kappa shape index (κ3) is 4.76. The summed E-state index contributed by atoms with van der Waals surface area (Å²) < 4.78 is 36.6. The van der Waals surface area contributed by atoms with Crippen molar-refractivity contribution in [2.75, 3.05) is 6.61 Å². The van der Waals surface area contributed by atoms with Gasteiger partial charge in [0, 0.05) is 5.56 Å². The molecule has 0 saturated carbocycles. The molecule has 3 rings (SSSR count). The van der Waals surface area contributed by atoms with Crippen LogP contribution in [0.3, 0.4) is 0 Å². The summed E-state index contributed by atoms with van der Waals surface area (Å²) >= 11 is 0. The van der Waals surface area contributed by atoms with E-state index < -0.39 is 30.0 Å². The summed E-state index contributed by atoms with van der Waals surface area (Å²) in [6.45, 7) is -0.577. The van der Waals surface area contributed by atoms with Crippen LogP contribution in [0, 0.1) is 11.6 Å². The van der Waals surface area contributed by atoms with Crippen LogP contribution < -0.4 is 4.74 Å². The van der Waals surface area contributed by atoms with Crippen molar-refractivity contribution in [1.29, 1.82) is 0 Å². The van der Waals surface area contributed by atoms with Gasteiger partial charge in [0.25, 0.3) is 0 Å². The summed E-state index contributed by atoms with van der Waals surface area (Å²) in [5.74, 6) is -2.34. The smallest absolute Gasteiger partial charge is 0.338 e. The van der Waals surface area contributed by atoms with E-state index in [-0.39, 0.29) is 11.1 Å². The zero-order valence-corrected chi connectivity index (χ0v) is 14.0. The lowest BCUT2D eigenvalue weighted by Crippen LogP contribution is -2.14. The topological polar surface area (TPSA) is 52.6 Å². The standard InChI is InChI=1S/C21H14F2O4/c22-18-11-8-15(12-19(18)23)20(24)13-26-21(25)14-6-9-17(10-7-14)27-16-4-2-1-3-5-16/h1-12H,13H2. The zero-order chi connectivity index (χ0) is 19.2. The van der Waals surface area contributed by atoms with E-state index in [1.54, 1.807) is 24.3 Å². The van der Waals surface area contributed by atoms with Crippen LogP contribution in [0.25, 0.3) is 0 Å². The maximum atomic E-state index is 13.2. The highest BCUT2D eigenvalue weighted by atomic mass is 19.2. The molecule has 0 aliphatic heterocycles. The first-order valence-corrected chi connectivity index (χ1v) is 8.01. The quantitative estimate of drug-likeness (QED) is 0.463. The molecular weight excluding hydrogens is 354 g/mol. The zero-order valence-electron chi connectivity index (χ0n) is 14.0. The summed E-state index contributed by atoms with van der Waals surface area (Å²) in [5.41, 5.74) is 0.154. The van der Waals surface area contributed by atoms with E-state index in [2.05, 4.69) is 0 Å². The lowest BCUT2D eigenvalue weighted by molar-refractivity contribution is 0.0474. The minimum absolute atomic E-state index is 0.0756. The Labute approximate surface area is 154 Å². The number of ether oxygens (including phenoxy) is 2. The van der Waals surface area contributed by atoms with E-state index in [9.17, 15) is 18.4 Å². The van der Waals surface area contributed by atoms with Gasteiger partial charge < -0.3 is 9.47 Å². The van der Waals surface area contributed by atoms with E-state index in [0.717, 1.165) is 18.2 Å². The van der Waals surface area contributed by atoms with E-state index in [1.807, 2.05) is 18.2 Å². The number of carbonyl (C=O) groups excluding carboxylic acids is 2. The molecule has 0 bridgehead atoms. The lowest BCUT2D eigenvalue weighted by atomic mass is 10.1. The molecule has 27 heavy (non-hydrogen) atoms. The fraction of sp³-hybridized carbons (Fsp3) is 0.0476. The molecule has 0 amide bonds. The predicted octanol–water partition coefficient (Wildman–Crippen LogP) is 4.80. The third-order valence-corrected chi connectivity index (χ3v) is 3.64. The first-order valence-electron chi connectivity index (χ1n) is 8.01. The first kappa shape index (κ1) is 18.3. The molecule has 0 aliphatic rings. The number of Topliss-reactive ketones (excluding diaryl/α,β-unsaturated/α-hetero) is 1. The van der Waals surface area contributed by atoms with Gasteiger partial charge in [0.1, 0.15) is 11.5 Å². The molecule has 0 spiro atoms. The molecule has 0 N–H and O–H groups in total. The molecular formula is C21H14F2O4. The molecule has 0 saturated heterocycles. The Bertz CT molecular complexity index is 954. The number of hydrogen-bond acceptors (Lipinski definition) is 4. The first-order chi connectivity index (χ1) is 13.0. The fourth-order valence-electron chi connectivity index (χ4n) is 2.25. The van der Waals surface area contributed by atoms with Crippen molar-refractivity contribution in [1.82, 2.24) is 0 Å². The van der Waals surface area contributed by atoms with Crippen molar-refractivity contribution in [2.24, 2.45) is 0 Å². The van der Waals surface area contributed by atoms with Crippen LogP contribution in [0.5, 0.6) is 11.5 Å². The van der Waals surface area contributed by atoms with Crippen molar-refractivity contribution in [3.05, 3.63) is 95.6 Å². The average Bonchev–Trinajstić information content (AvgIpc) is 2.69. The van der Waals surface area contributed by atoms with E-state index in [4.69, 9.17) is 9.47 Å². The Hall–Kier alpha value is -3.54. The fourth-order valence-corrected chi connectivity index (χ4v) is 2.25. The Morgan fingerprint density at radius 2 is 1.37 bits per heavy atom. The number of hydrogen-bond donors (Lipinski definition) is 0. The normalized spacial score (nSPS) is 10.3. The molecule has 0 unspecified atom stereocenters. The predicted molar refractivity (Wildman–Crippen MR) is 93.9 cm³/mol. The van der Waals surface area contributed by atoms with Crippen molar-refractivity contribution in [2.45, 2.75) is 0 Å². The number of benzene rings is 3. The van der Waals surface area contributed by atoms with Gasteiger partial charge >= 0.3 is 5.97 Å². The highest BCUT2D eigenvalue weighted by Gasteiger charge is 2.14. The minimum Gasteiger partial charge on any atom is -0.457 e. The summed E-state index contributed by atoms with van der Waals surface area (Å²) in [7, 11) is 0. The molecule has 6 heteroatoms. The van der Waals surface area contributed by atoms with Gasteiger partial charge in [0.05, 0.1) is 5.56 Å². The van der Waals surface area contributed by atoms with Crippen molar-refractivity contribution >= 4 is 11.8 Å². The number of rotatable bonds is 6. The van der Waals surface area contributed by atoms with Crippen LogP contribution in [0.1, 0.15) is 20.7 Å². The van der Waals surface area contributed by atoms with Crippen molar-refractivity contribution in [3.8, 4) is 11.5 Å². The molecule has 3 aromatic rings. The second-order valence-corrected chi connectivity index (χ2v) is 5.57. The highest BCUT2D eigenvalue weighted by molar-refractivity contribution is 5.99. The van der Waals surface area contributed by atoms with Gasteiger partial charge in [-0.3, -0.25) is 4.79 Å². The minimum atomic E-state index is -1.14. The summed E-state index contributed by atoms with van der Waals surface area (Å²) in [4.78, 5) is 23.9. The van der Waals surface area contributed by atoms with E-state index >= 15 is 0 Å². The number of carbonyl (C=O) groups is 2. The van der Waals surface area contributed by atoms with Gasteiger partial charge in [-0.1, -0.05) is 18.2 Å². The largest absolute Gasteiger partial charge is 0.457 e. The molecule has 0 aromatic heterocycles. The third-order valence-electron chi connectivity index (χ3n) is 3.64. The molecule has 3 aromatic carbocycles. The van der Waals surface area contributed by atoms with Gasteiger partial charge in [0.15, 0.2) is 24.0 Å². The van der Waals surface area contributed by atoms with Crippen LogP contribution >= 0.6 is 0 Å². The van der Waals surface area contributed by atoms with Gasteiger partial charge in [-0.05, 0) is 54.6 Å². The van der Waals surface area contributed by atoms with Gasteiger partial charge in [-0.25, -0.2) is 13.6 Å². The molecule has 0 fully saturated rings. The van der Waals surface area contributed by atoms with Gasteiger partial charge in [-0.15, -0.1) is 0 Å². The van der Waals surface area contributed by atoms with Crippen LogP contribution in [0.15, 0.2) is 72.8 Å². The molecule has 4 nitrogen and oxygen atoms in total. The molecule has 0 aliphatic carbocycles. The van der Waals surface area contributed by atoms with E-state index in [0.29, 0.717) is 11.5 Å². The second kappa shape index (κ2) is 8.23. The maximum absolute atomic E-state index is 13.2. The number of halogens is 2. The van der Waals surface area contributed by atoms with Crippen LogP contribution in [-0.2, 0) is 4.74 Å². The summed E-state index contributed by atoms with van der Waals surface area (Å²) in [6.07, 6.45) is 0. The Kier molecular flexibility index (Phi) is 5.56. The molecule has 136 valence electrons.